The molecule has 2 rings (SSSR count). The third-order valence-corrected chi connectivity index (χ3v) is 2.58. The molecule has 0 radical (unpaired) electrons. The van der Waals surface area contributed by atoms with E-state index >= 15 is 0 Å². The zero-order valence-corrected chi connectivity index (χ0v) is 8.27. The predicted octanol–water partition coefficient (Wildman–Crippen LogP) is 2.09. The number of hydrogen-bond acceptors (Lipinski definition) is 3. The summed E-state index contributed by atoms with van der Waals surface area (Å²) < 4.78 is 0. The fraction of sp³-hybridized carbons (Fsp3) is 0.300. The molecule has 0 fully saturated rings. The minimum absolute atomic E-state index is 0.111. The van der Waals surface area contributed by atoms with Gasteiger partial charge in [-0.2, -0.15) is 0 Å². The van der Waals surface area contributed by atoms with Gasteiger partial charge in [-0.25, -0.2) is 0 Å². The van der Waals surface area contributed by atoms with Crippen LogP contribution in [0.5, 0.6) is 0 Å². The number of anilines is 1. The lowest BCUT2D eigenvalue weighted by Crippen LogP contribution is -2.42. The topological polar surface area (TPSA) is 24.1 Å². The molecule has 0 aliphatic carbocycles. The molecule has 68 valence electrons. The van der Waals surface area contributed by atoms with Gasteiger partial charge in [-0.05, 0) is 18.6 Å². The van der Waals surface area contributed by atoms with Gasteiger partial charge in [-0.3, -0.25) is 5.32 Å². The molecule has 13 heavy (non-hydrogen) atoms. The van der Waals surface area contributed by atoms with Gasteiger partial charge < -0.3 is 5.32 Å². The molecule has 2 N–H and O–H groups in total. The van der Waals surface area contributed by atoms with Crippen LogP contribution in [0.2, 0.25) is 0 Å². The molecule has 0 bridgehead atoms. The first-order valence-electron chi connectivity index (χ1n) is 4.38. The molecule has 0 saturated heterocycles. The van der Waals surface area contributed by atoms with Crippen molar-refractivity contribution in [3.8, 4) is 0 Å². The lowest BCUT2D eigenvalue weighted by molar-refractivity contribution is 0.547. The highest BCUT2D eigenvalue weighted by atomic mass is 32.1. The quantitative estimate of drug-likeness (QED) is 0.666. The fourth-order valence-corrected chi connectivity index (χ4v) is 1.79. The Labute approximate surface area is 83.3 Å². The Morgan fingerprint density at radius 3 is 2.92 bits per heavy atom. The molecule has 2 atom stereocenters. The Bertz CT molecular complexity index is 324. The van der Waals surface area contributed by atoms with E-state index in [1.807, 2.05) is 6.07 Å². The first-order valence-corrected chi connectivity index (χ1v) is 4.85. The van der Waals surface area contributed by atoms with Crippen LogP contribution in [0.15, 0.2) is 24.3 Å². The van der Waals surface area contributed by atoms with Crippen molar-refractivity contribution in [3.05, 3.63) is 29.8 Å². The molecular weight excluding hydrogens is 180 g/mol. The van der Waals surface area contributed by atoms with Crippen molar-refractivity contribution in [3.63, 3.8) is 0 Å². The van der Waals surface area contributed by atoms with E-state index in [0.29, 0.717) is 6.04 Å². The van der Waals surface area contributed by atoms with Crippen LogP contribution in [0.4, 0.5) is 5.69 Å². The van der Waals surface area contributed by atoms with Gasteiger partial charge in [0.2, 0.25) is 0 Å². The second-order valence-electron chi connectivity index (χ2n) is 3.23. The molecule has 1 heterocycles. The third-order valence-electron chi connectivity index (χ3n) is 2.30. The Morgan fingerprint density at radius 1 is 1.38 bits per heavy atom. The monoisotopic (exact) mass is 192 g/mol. The SMILES string of the molecule is CC1NC(C=S)Nc2ccccc21. The number of thiocarbonyl (C=S) groups is 1. The van der Waals surface area contributed by atoms with Crippen LogP contribution in [-0.2, 0) is 0 Å². The Kier molecular flexibility index (Phi) is 2.29. The summed E-state index contributed by atoms with van der Waals surface area (Å²) >= 11 is 4.90. The van der Waals surface area contributed by atoms with Gasteiger partial charge in [0.05, 0.1) is 0 Å². The molecule has 2 nitrogen and oxygen atoms in total. The predicted molar refractivity (Wildman–Crippen MR) is 59.1 cm³/mol. The van der Waals surface area contributed by atoms with Crippen molar-refractivity contribution >= 4 is 23.3 Å². The highest BCUT2D eigenvalue weighted by molar-refractivity contribution is 7.79. The summed E-state index contributed by atoms with van der Waals surface area (Å²) in [5, 5.41) is 8.37. The van der Waals surface area contributed by atoms with E-state index in [-0.39, 0.29) is 6.17 Å². The van der Waals surface area contributed by atoms with Gasteiger partial charge >= 0.3 is 0 Å². The van der Waals surface area contributed by atoms with E-state index in [9.17, 15) is 0 Å². The number of nitrogens with one attached hydrogen (secondary N) is 2. The molecule has 1 aliphatic rings. The summed E-state index contributed by atoms with van der Waals surface area (Å²) in [6, 6.07) is 8.65. The molecule has 0 aromatic heterocycles. The maximum absolute atomic E-state index is 4.90. The van der Waals surface area contributed by atoms with Crippen LogP contribution < -0.4 is 10.6 Å². The molecule has 1 aliphatic heterocycles. The van der Waals surface area contributed by atoms with Gasteiger partial charge in [-0.1, -0.05) is 30.4 Å². The summed E-state index contributed by atoms with van der Waals surface area (Å²) in [7, 11) is 0. The Balaban J connectivity index is 2.36. The van der Waals surface area contributed by atoms with Gasteiger partial charge in [0.15, 0.2) is 0 Å². The van der Waals surface area contributed by atoms with E-state index in [1.165, 1.54) is 11.3 Å². The second-order valence-corrected chi connectivity index (χ2v) is 3.51. The maximum Gasteiger partial charge on any atom is 0.107 e. The standard InChI is InChI=1S/C10H12N2S/c1-7-8-4-2-3-5-9(8)12-10(6-13)11-7/h2-7,10-12H,1H3. The first-order chi connectivity index (χ1) is 6.31. The number of para-hydroxylation sites is 1. The van der Waals surface area contributed by atoms with Gasteiger partial charge in [0.1, 0.15) is 6.17 Å². The van der Waals surface area contributed by atoms with E-state index in [4.69, 9.17) is 12.2 Å². The van der Waals surface area contributed by atoms with Crippen LogP contribution in [0.3, 0.4) is 0 Å². The van der Waals surface area contributed by atoms with Crippen LogP contribution >= 0.6 is 12.2 Å². The molecular formula is C10H12N2S. The van der Waals surface area contributed by atoms with Crippen LogP contribution in [0, 0.1) is 0 Å². The molecule has 1 aromatic rings. The number of benzene rings is 1. The van der Waals surface area contributed by atoms with Crippen molar-refractivity contribution in [1.82, 2.24) is 5.32 Å². The first kappa shape index (κ1) is 8.66. The normalized spacial score (nSPS) is 25.9. The average Bonchev–Trinajstić information content (AvgIpc) is 2.18. The van der Waals surface area contributed by atoms with Crippen molar-refractivity contribution in [2.45, 2.75) is 19.1 Å². The smallest absolute Gasteiger partial charge is 0.107 e. The Morgan fingerprint density at radius 2 is 2.15 bits per heavy atom. The van der Waals surface area contributed by atoms with Gasteiger partial charge in [-0.15, -0.1) is 0 Å². The highest BCUT2D eigenvalue weighted by Gasteiger charge is 2.19. The fourth-order valence-electron chi connectivity index (χ4n) is 1.65. The van der Waals surface area contributed by atoms with Crippen LogP contribution in [0.1, 0.15) is 18.5 Å². The molecule has 2 unspecified atom stereocenters. The maximum atomic E-state index is 4.90. The summed E-state index contributed by atoms with van der Waals surface area (Å²) in [6.07, 6.45) is 0.111. The van der Waals surface area contributed by atoms with Crippen LogP contribution in [-0.4, -0.2) is 11.5 Å². The summed E-state index contributed by atoms with van der Waals surface area (Å²) in [5.74, 6) is 0. The van der Waals surface area contributed by atoms with Crippen molar-refractivity contribution in [1.29, 1.82) is 0 Å². The number of rotatable bonds is 1. The highest BCUT2D eigenvalue weighted by Crippen LogP contribution is 2.26. The average molecular weight is 192 g/mol. The third kappa shape index (κ3) is 1.57. The second kappa shape index (κ2) is 3.44. The van der Waals surface area contributed by atoms with E-state index in [0.717, 1.165) is 0 Å². The van der Waals surface area contributed by atoms with Crippen molar-refractivity contribution in [2.75, 3.05) is 5.32 Å². The van der Waals surface area contributed by atoms with E-state index in [2.05, 4.69) is 35.8 Å². The molecule has 0 saturated carbocycles. The zero-order chi connectivity index (χ0) is 9.26. The van der Waals surface area contributed by atoms with Crippen LogP contribution in [0.25, 0.3) is 0 Å². The summed E-state index contributed by atoms with van der Waals surface area (Å²) in [5.41, 5.74) is 2.48. The molecule has 0 spiro atoms. The number of fused-ring (bicyclic) bond motifs is 1. The molecule has 0 amide bonds. The lowest BCUT2D eigenvalue weighted by Gasteiger charge is -2.30. The van der Waals surface area contributed by atoms with Crippen molar-refractivity contribution < 1.29 is 0 Å². The molecule has 1 aromatic carbocycles. The van der Waals surface area contributed by atoms with Gasteiger partial charge in [0.25, 0.3) is 0 Å². The summed E-state index contributed by atoms with van der Waals surface area (Å²) in [4.78, 5) is 0. The lowest BCUT2D eigenvalue weighted by atomic mass is 10.0. The van der Waals surface area contributed by atoms with E-state index < -0.39 is 0 Å². The Hall–Kier alpha value is -0.930. The van der Waals surface area contributed by atoms with Gasteiger partial charge in [0, 0.05) is 17.1 Å². The molecule has 3 heteroatoms. The number of hydrogen-bond donors (Lipinski definition) is 2. The summed E-state index contributed by atoms with van der Waals surface area (Å²) in [6.45, 7) is 2.14. The minimum Gasteiger partial charge on any atom is -0.366 e. The van der Waals surface area contributed by atoms with Crippen molar-refractivity contribution in [2.24, 2.45) is 0 Å². The largest absolute Gasteiger partial charge is 0.366 e. The minimum atomic E-state index is 0.111. The van der Waals surface area contributed by atoms with E-state index in [1.54, 1.807) is 5.37 Å². The zero-order valence-electron chi connectivity index (χ0n) is 7.45.